The van der Waals surface area contributed by atoms with E-state index in [0.29, 0.717) is 22.6 Å². The van der Waals surface area contributed by atoms with E-state index in [1.807, 2.05) is 44.2 Å². The van der Waals surface area contributed by atoms with E-state index in [0.717, 1.165) is 9.87 Å². The second kappa shape index (κ2) is 15.2. The first-order chi connectivity index (χ1) is 21.5. The van der Waals surface area contributed by atoms with Crippen LogP contribution in [0.1, 0.15) is 37.0 Å². The van der Waals surface area contributed by atoms with Crippen molar-refractivity contribution in [3.05, 3.63) is 131 Å². The van der Waals surface area contributed by atoms with Gasteiger partial charge >= 0.3 is 0 Å². The highest BCUT2D eigenvalue weighted by Gasteiger charge is 2.35. The topological polar surface area (TPSA) is 86.8 Å². The number of hydrogen-bond acceptors (Lipinski definition) is 4. The number of hydrogen-bond donors (Lipinski definition) is 1. The third kappa shape index (κ3) is 8.49. The number of carbonyl (C=O) groups is 2. The zero-order valence-corrected chi connectivity index (χ0v) is 27.1. The molecule has 2 amide bonds. The highest BCUT2D eigenvalue weighted by atomic mass is 35.5. The number of nitrogens with one attached hydrogen (secondary N) is 1. The SMILES string of the molecule is CC[C@@H](C)NC(=O)[C@H](Cc1ccccc1)N(Cc1ccc(F)cc1)C(=O)CN(c1cccc(Cl)c1C)S(=O)(=O)c1ccccc1. The summed E-state index contributed by atoms with van der Waals surface area (Å²) in [5.74, 6) is -1.43. The Balaban J connectivity index is 1.83. The fourth-order valence-electron chi connectivity index (χ4n) is 4.88. The summed E-state index contributed by atoms with van der Waals surface area (Å²) >= 11 is 6.42. The minimum Gasteiger partial charge on any atom is -0.352 e. The normalized spacial score (nSPS) is 12.6. The molecule has 45 heavy (non-hydrogen) atoms. The Hall–Kier alpha value is -4.21. The monoisotopic (exact) mass is 649 g/mol. The summed E-state index contributed by atoms with van der Waals surface area (Å²) in [5, 5.41) is 3.33. The molecule has 0 heterocycles. The van der Waals surface area contributed by atoms with E-state index in [2.05, 4.69) is 5.32 Å². The zero-order chi connectivity index (χ0) is 32.6. The van der Waals surface area contributed by atoms with E-state index >= 15 is 0 Å². The van der Waals surface area contributed by atoms with Gasteiger partial charge in [0.2, 0.25) is 11.8 Å². The molecule has 0 saturated heterocycles. The van der Waals surface area contributed by atoms with Crippen molar-refractivity contribution in [1.29, 1.82) is 0 Å². The molecule has 236 valence electrons. The van der Waals surface area contributed by atoms with Gasteiger partial charge < -0.3 is 10.2 Å². The van der Waals surface area contributed by atoms with Gasteiger partial charge in [0.25, 0.3) is 10.0 Å². The molecular weight excluding hydrogens is 613 g/mol. The fourth-order valence-corrected chi connectivity index (χ4v) is 6.54. The first kappa shape index (κ1) is 33.7. The minimum atomic E-state index is -4.25. The van der Waals surface area contributed by atoms with Crippen molar-refractivity contribution < 1.29 is 22.4 Å². The van der Waals surface area contributed by atoms with E-state index in [1.165, 1.54) is 29.2 Å². The highest BCUT2D eigenvalue weighted by molar-refractivity contribution is 7.92. The molecule has 4 aromatic carbocycles. The molecule has 0 bridgehead atoms. The van der Waals surface area contributed by atoms with Crippen molar-refractivity contribution in [2.75, 3.05) is 10.8 Å². The van der Waals surface area contributed by atoms with Crippen LogP contribution in [-0.2, 0) is 32.6 Å². The van der Waals surface area contributed by atoms with Gasteiger partial charge in [0.1, 0.15) is 18.4 Å². The molecule has 0 aromatic heterocycles. The number of rotatable bonds is 13. The molecular formula is C35H37ClFN3O4S. The van der Waals surface area contributed by atoms with E-state index in [9.17, 15) is 22.4 Å². The first-order valence-electron chi connectivity index (χ1n) is 14.7. The number of benzene rings is 4. The average Bonchev–Trinajstić information content (AvgIpc) is 3.04. The molecule has 0 aliphatic heterocycles. The van der Waals surface area contributed by atoms with Crippen LogP contribution in [0.3, 0.4) is 0 Å². The lowest BCUT2D eigenvalue weighted by atomic mass is 10.0. The van der Waals surface area contributed by atoms with Crippen molar-refractivity contribution in [3.63, 3.8) is 0 Å². The summed E-state index contributed by atoms with van der Waals surface area (Å²) in [6.45, 7) is 4.83. The van der Waals surface area contributed by atoms with Crippen LogP contribution in [0.25, 0.3) is 0 Å². The molecule has 0 aliphatic carbocycles. The van der Waals surface area contributed by atoms with Gasteiger partial charge in [-0.05, 0) is 73.4 Å². The van der Waals surface area contributed by atoms with E-state index < -0.39 is 34.3 Å². The molecule has 0 unspecified atom stereocenters. The van der Waals surface area contributed by atoms with Crippen LogP contribution in [-0.4, -0.2) is 43.8 Å². The van der Waals surface area contributed by atoms with Gasteiger partial charge in [-0.3, -0.25) is 13.9 Å². The number of sulfonamides is 1. The second-order valence-electron chi connectivity index (χ2n) is 10.9. The van der Waals surface area contributed by atoms with Crippen LogP contribution in [0.2, 0.25) is 5.02 Å². The van der Waals surface area contributed by atoms with E-state index in [-0.39, 0.29) is 35.5 Å². The largest absolute Gasteiger partial charge is 0.352 e. The molecule has 4 aromatic rings. The van der Waals surface area contributed by atoms with Crippen LogP contribution in [0, 0.1) is 12.7 Å². The summed E-state index contributed by atoms with van der Waals surface area (Å²) in [5.41, 5.74) is 2.12. The molecule has 1 N–H and O–H groups in total. The quantitative estimate of drug-likeness (QED) is 0.178. The highest BCUT2D eigenvalue weighted by Crippen LogP contribution is 2.31. The third-order valence-electron chi connectivity index (χ3n) is 7.66. The molecule has 0 aliphatic rings. The van der Waals surface area contributed by atoms with Gasteiger partial charge in [-0.2, -0.15) is 0 Å². The van der Waals surface area contributed by atoms with Crippen LogP contribution < -0.4 is 9.62 Å². The third-order valence-corrected chi connectivity index (χ3v) is 9.84. The Kier molecular flexibility index (Phi) is 11.4. The molecule has 0 fully saturated rings. The first-order valence-corrected chi connectivity index (χ1v) is 16.5. The van der Waals surface area contributed by atoms with Crippen LogP contribution >= 0.6 is 11.6 Å². The van der Waals surface area contributed by atoms with Gasteiger partial charge in [0.15, 0.2) is 0 Å². The summed E-state index contributed by atoms with van der Waals surface area (Å²) in [7, 11) is -4.25. The Bertz CT molecular complexity index is 1700. The molecule has 7 nitrogen and oxygen atoms in total. The average molecular weight is 650 g/mol. The maximum absolute atomic E-state index is 14.5. The number of carbonyl (C=O) groups excluding carboxylic acids is 2. The van der Waals surface area contributed by atoms with Crippen molar-refractivity contribution in [1.82, 2.24) is 10.2 Å². The number of halogens is 2. The van der Waals surface area contributed by atoms with E-state index in [1.54, 1.807) is 55.5 Å². The summed E-state index contributed by atoms with van der Waals surface area (Å²) in [6, 6.07) is 26.5. The Labute approximate surface area is 269 Å². The predicted octanol–water partition coefficient (Wildman–Crippen LogP) is 6.54. The lowest BCUT2D eigenvalue weighted by molar-refractivity contribution is -0.140. The van der Waals surface area contributed by atoms with E-state index in [4.69, 9.17) is 11.6 Å². The molecule has 0 radical (unpaired) electrons. The maximum Gasteiger partial charge on any atom is 0.264 e. The maximum atomic E-state index is 14.5. The number of nitrogens with zero attached hydrogens (tertiary/aromatic N) is 2. The van der Waals surface area contributed by atoms with Gasteiger partial charge in [-0.1, -0.05) is 85.3 Å². The predicted molar refractivity (Wildman–Crippen MR) is 176 cm³/mol. The smallest absolute Gasteiger partial charge is 0.264 e. The Morgan fingerprint density at radius 1 is 0.867 bits per heavy atom. The van der Waals surface area contributed by atoms with Crippen LogP contribution in [0.5, 0.6) is 0 Å². The van der Waals surface area contributed by atoms with Crippen molar-refractivity contribution >= 4 is 39.1 Å². The number of amides is 2. The van der Waals surface area contributed by atoms with Gasteiger partial charge in [-0.25, -0.2) is 12.8 Å². The lowest BCUT2D eigenvalue weighted by Gasteiger charge is -2.34. The number of anilines is 1. The van der Waals surface area contributed by atoms with Gasteiger partial charge in [0, 0.05) is 24.0 Å². The van der Waals surface area contributed by atoms with Gasteiger partial charge in [-0.15, -0.1) is 0 Å². The molecule has 0 spiro atoms. The van der Waals surface area contributed by atoms with Crippen LogP contribution in [0.15, 0.2) is 108 Å². The standard InChI is InChI=1S/C35H37ClFN3O4S/c1-4-25(2)38-35(42)33(22-27-12-7-5-8-13-27)39(23-28-18-20-29(37)21-19-28)34(41)24-40(32-17-11-16-31(36)26(32)3)45(43,44)30-14-9-6-10-15-30/h5-21,25,33H,4,22-24H2,1-3H3,(H,38,42)/t25-,33+/m1/s1. The fraction of sp³-hybridized carbons (Fsp3) is 0.257. The Morgan fingerprint density at radius 2 is 1.49 bits per heavy atom. The minimum absolute atomic E-state index is 0.00221. The summed E-state index contributed by atoms with van der Waals surface area (Å²) in [4.78, 5) is 29.7. The molecule has 4 rings (SSSR count). The summed E-state index contributed by atoms with van der Waals surface area (Å²) < 4.78 is 43.1. The zero-order valence-electron chi connectivity index (χ0n) is 25.5. The van der Waals surface area contributed by atoms with Crippen LogP contribution in [0.4, 0.5) is 10.1 Å². The van der Waals surface area contributed by atoms with Crippen molar-refractivity contribution in [2.45, 2.75) is 57.1 Å². The van der Waals surface area contributed by atoms with Crippen molar-refractivity contribution in [2.24, 2.45) is 0 Å². The Morgan fingerprint density at radius 3 is 2.11 bits per heavy atom. The molecule has 2 atom stereocenters. The molecule has 0 saturated carbocycles. The second-order valence-corrected chi connectivity index (χ2v) is 13.1. The lowest BCUT2D eigenvalue weighted by Crippen LogP contribution is -2.54. The van der Waals surface area contributed by atoms with Gasteiger partial charge in [0.05, 0.1) is 10.6 Å². The summed E-state index contributed by atoms with van der Waals surface area (Å²) in [6.07, 6.45) is 0.852. The van der Waals surface area contributed by atoms with Crippen molar-refractivity contribution in [3.8, 4) is 0 Å². The molecule has 10 heteroatoms.